The minimum absolute atomic E-state index is 0.120. The normalized spacial score (nSPS) is 10.7. The van der Waals surface area contributed by atoms with Crippen LogP contribution in [-0.2, 0) is 0 Å². The number of hydrogen-bond acceptors (Lipinski definition) is 5. The van der Waals surface area contributed by atoms with Crippen LogP contribution in [-0.4, -0.2) is 33.1 Å². The standard InChI is InChI=1S/C19H16N6O/c1-20-18(26)12-4-6-16(7-5-12)24-19-21-9-14-3-2-13(8-17(14)25-19)15-10-22-23-11-15/h2-11H,1H3,(H,20,26)(H,22,23)(H,21,24,25). The number of carbonyl (C=O) groups is 1. The van der Waals surface area contributed by atoms with Crippen LogP contribution in [0.25, 0.3) is 22.0 Å². The highest BCUT2D eigenvalue weighted by Gasteiger charge is 2.06. The average molecular weight is 344 g/mol. The molecule has 0 saturated heterocycles. The smallest absolute Gasteiger partial charge is 0.251 e. The third-order valence-corrected chi connectivity index (χ3v) is 4.04. The lowest BCUT2D eigenvalue weighted by atomic mass is 10.1. The highest BCUT2D eigenvalue weighted by molar-refractivity contribution is 5.94. The molecule has 0 spiro atoms. The number of nitrogens with one attached hydrogen (secondary N) is 3. The summed E-state index contributed by atoms with van der Waals surface area (Å²) in [5, 5.41) is 13.5. The van der Waals surface area contributed by atoms with E-state index in [4.69, 9.17) is 0 Å². The summed E-state index contributed by atoms with van der Waals surface area (Å²) in [7, 11) is 1.61. The van der Waals surface area contributed by atoms with E-state index in [2.05, 4.69) is 30.8 Å². The molecule has 26 heavy (non-hydrogen) atoms. The Kier molecular flexibility index (Phi) is 4.03. The third-order valence-electron chi connectivity index (χ3n) is 4.04. The molecular weight excluding hydrogens is 328 g/mol. The summed E-state index contributed by atoms with van der Waals surface area (Å²) in [6, 6.07) is 13.1. The number of rotatable bonds is 4. The van der Waals surface area contributed by atoms with E-state index >= 15 is 0 Å². The van der Waals surface area contributed by atoms with Crippen molar-refractivity contribution in [1.82, 2.24) is 25.5 Å². The molecule has 0 radical (unpaired) electrons. The van der Waals surface area contributed by atoms with E-state index in [0.717, 1.165) is 27.7 Å². The molecule has 0 fully saturated rings. The summed E-state index contributed by atoms with van der Waals surface area (Å²) in [6.45, 7) is 0. The SMILES string of the molecule is CNC(=O)c1ccc(Nc2ncc3ccc(-c4cn[nH]c4)cc3n2)cc1. The van der Waals surface area contributed by atoms with Crippen molar-refractivity contribution < 1.29 is 4.79 Å². The van der Waals surface area contributed by atoms with Crippen molar-refractivity contribution in [3.63, 3.8) is 0 Å². The first-order chi connectivity index (χ1) is 12.7. The van der Waals surface area contributed by atoms with Crippen molar-refractivity contribution in [3.8, 4) is 11.1 Å². The molecule has 2 heterocycles. The molecule has 0 aliphatic carbocycles. The van der Waals surface area contributed by atoms with E-state index in [9.17, 15) is 4.79 Å². The maximum Gasteiger partial charge on any atom is 0.251 e. The van der Waals surface area contributed by atoms with Gasteiger partial charge in [-0.1, -0.05) is 12.1 Å². The Balaban J connectivity index is 1.61. The highest BCUT2D eigenvalue weighted by Crippen LogP contribution is 2.23. The molecule has 0 unspecified atom stereocenters. The molecule has 3 N–H and O–H groups in total. The zero-order chi connectivity index (χ0) is 17.9. The molecule has 2 aromatic carbocycles. The Morgan fingerprint density at radius 2 is 1.88 bits per heavy atom. The second kappa shape index (κ2) is 6.64. The highest BCUT2D eigenvalue weighted by atomic mass is 16.1. The predicted octanol–water partition coefficient (Wildman–Crippen LogP) is 3.12. The first kappa shape index (κ1) is 15.8. The number of nitrogens with zero attached hydrogens (tertiary/aromatic N) is 3. The summed E-state index contributed by atoms with van der Waals surface area (Å²) in [6.07, 6.45) is 5.40. The topological polar surface area (TPSA) is 95.6 Å². The van der Waals surface area contributed by atoms with Gasteiger partial charge in [0.15, 0.2) is 0 Å². The van der Waals surface area contributed by atoms with Gasteiger partial charge in [-0.05, 0) is 35.9 Å². The second-order valence-electron chi connectivity index (χ2n) is 5.74. The first-order valence-corrected chi connectivity index (χ1v) is 8.08. The molecule has 0 saturated carbocycles. The quantitative estimate of drug-likeness (QED) is 0.529. The fourth-order valence-corrected chi connectivity index (χ4v) is 2.65. The van der Waals surface area contributed by atoms with Crippen molar-refractivity contribution in [2.45, 2.75) is 0 Å². The van der Waals surface area contributed by atoms with E-state index in [1.54, 1.807) is 31.6 Å². The molecule has 128 valence electrons. The van der Waals surface area contributed by atoms with Gasteiger partial charge in [0.05, 0.1) is 11.7 Å². The van der Waals surface area contributed by atoms with Crippen LogP contribution in [0.3, 0.4) is 0 Å². The van der Waals surface area contributed by atoms with E-state index in [0.29, 0.717) is 11.5 Å². The van der Waals surface area contributed by atoms with E-state index < -0.39 is 0 Å². The Morgan fingerprint density at radius 1 is 1.04 bits per heavy atom. The molecule has 0 bridgehead atoms. The molecule has 4 rings (SSSR count). The van der Waals surface area contributed by atoms with Gasteiger partial charge in [0.25, 0.3) is 5.91 Å². The lowest BCUT2D eigenvalue weighted by molar-refractivity contribution is 0.0963. The van der Waals surface area contributed by atoms with E-state index in [1.807, 2.05) is 36.5 Å². The van der Waals surface area contributed by atoms with Gasteiger partial charge < -0.3 is 10.6 Å². The van der Waals surface area contributed by atoms with Gasteiger partial charge in [-0.15, -0.1) is 0 Å². The first-order valence-electron chi connectivity index (χ1n) is 8.08. The Morgan fingerprint density at radius 3 is 2.62 bits per heavy atom. The molecule has 2 aromatic heterocycles. The Hall–Kier alpha value is -3.74. The summed E-state index contributed by atoms with van der Waals surface area (Å²) in [5.41, 5.74) is 4.28. The molecular formula is C19H16N6O. The lowest BCUT2D eigenvalue weighted by Gasteiger charge is -2.07. The number of aromatic nitrogens is 4. The number of fused-ring (bicyclic) bond motifs is 1. The van der Waals surface area contributed by atoms with Gasteiger partial charge in [-0.2, -0.15) is 5.10 Å². The maximum atomic E-state index is 11.6. The molecule has 0 aliphatic heterocycles. The maximum absolute atomic E-state index is 11.6. The van der Waals surface area contributed by atoms with Gasteiger partial charge in [-0.3, -0.25) is 9.89 Å². The molecule has 4 aromatic rings. The average Bonchev–Trinajstić information content (AvgIpc) is 3.22. The fraction of sp³-hybridized carbons (Fsp3) is 0.0526. The second-order valence-corrected chi connectivity index (χ2v) is 5.74. The van der Waals surface area contributed by atoms with E-state index in [1.165, 1.54) is 0 Å². The monoisotopic (exact) mass is 344 g/mol. The third kappa shape index (κ3) is 3.10. The van der Waals surface area contributed by atoms with Gasteiger partial charge >= 0.3 is 0 Å². The molecule has 7 heteroatoms. The number of hydrogen-bond donors (Lipinski definition) is 3. The minimum atomic E-state index is -0.120. The molecule has 7 nitrogen and oxygen atoms in total. The van der Waals surface area contributed by atoms with Crippen LogP contribution in [0.2, 0.25) is 0 Å². The number of carbonyl (C=O) groups excluding carboxylic acids is 1. The minimum Gasteiger partial charge on any atom is -0.355 e. The van der Waals surface area contributed by atoms with Gasteiger partial charge in [0.1, 0.15) is 0 Å². The van der Waals surface area contributed by atoms with Crippen molar-refractivity contribution >= 4 is 28.4 Å². The lowest BCUT2D eigenvalue weighted by Crippen LogP contribution is -2.17. The number of aromatic amines is 1. The van der Waals surface area contributed by atoms with Gasteiger partial charge in [0.2, 0.25) is 5.95 Å². The molecule has 0 aliphatic rings. The zero-order valence-electron chi connectivity index (χ0n) is 14.0. The van der Waals surface area contributed by atoms with Crippen LogP contribution in [0.15, 0.2) is 61.1 Å². The Bertz CT molecular complexity index is 1060. The molecule has 0 atom stereocenters. The van der Waals surface area contributed by atoms with Crippen molar-refractivity contribution in [2.24, 2.45) is 0 Å². The van der Waals surface area contributed by atoms with Crippen molar-refractivity contribution in [1.29, 1.82) is 0 Å². The number of anilines is 2. The summed E-state index contributed by atoms with van der Waals surface area (Å²) >= 11 is 0. The Labute approximate surface area is 149 Å². The number of H-pyrrole nitrogens is 1. The van der Waals surface area contributed by atoms with Crippen LogP contribution >= 0.6 is 0 Å². The summed E-state index contributed by atoms with van der Waals surface area (Å²) in [5.74, 6) is 0.375. The van der Waals surface area contributed by atoms with Crippen LogP contribution in [0.4, 0.5) is 11.6 Å². The van der Waals surface area contributed by atoms with Gasteiger partial charge in [-0.25, -0.2) is 9.97 Å². The van der Waals surface area contributed by atoms with Crippen LogP contribution in [0, 0.1) is 0 Å². The van der Waals surface area contributed by atoms with E-state index in [-0.39, 0.29) is 5.91 Å². The van der Waals surface area contributed by atoms with Gasteiger partial charge in [0, 0.05) is 41.6 Å². The largest absolute Gasteiger partial charge is 0.355 e. The number of benzene rings is 2. The van der Waals surface area contributed by atoms with Crippen LogP contribution in [0.1, 0.15) is 10.4 Å². The zero-order valence-corrected chi connectivity index (χ0v) is 14.0. The van der Waals surface area contributed by atoms with Crippen molar-refractivity contribution in [2.75, 3.05) is 12.4 Å². The van der Waals surface area contributed by atoms with Crippen LogP contribution < -0.4 is 10.6 Å². The number of amides is 1. The summed E-state index contributed by atoms with van der Waals surface area (Å²) < 4.78 is 0. The predicted molar refractivity (Wildman–Crippen MR) is 100 cm³/mol. The van der Waals surface area contributed by atoms with Crippen molar-refractivity contribution in [3.05, 3.63) is 66.6 Å². The fourth-order valence-electron chi connectivity index (χ4n) is 2.65. The van der Waals surface area contributed by atoms with Crippen LogP contribution in [0.5, 0.6) is 0 Å². The molecule has 1 amide bonds. The summed E-state index contributed by atoms with van der Waals surface area (Å²) in [4.78, 5) is 20.5.